The first-order chi connectivity index (χ1) is 16.0. The molecule has 2 nitrogen and oxygen atoms in total. The van der Waals surface area contributed by atoms with E-state index < -0.39 is 0 Å². The highest BCUT2D eigenvalue weighted by molar-refractivity contribution is 9.11. The standard InChI is InChI=1S/C22H24Br4Cl2O2S4/c1-22(2,12-8-14(23)20(15(24)9-12)29-6-4-18(27)33-31)13-10-16(25)21(17(26)11-13)30-7-5-19(28)34-32-3/h8-11,18-19,31H,4-7H2,1-3H3. The number of ether oxygens (including phenoxy) is 2. The second-order valence-corrected chi connectivity index (χ2v) is 16.7. The van der Waals surface area contributed by atoms with Gasteiger partial charge in [0.2, 0.25) is 0 Å². The van der Waals surface area contributed by atoms with Gasteiger partial charge in [0.1, 0.15) is 11.5 Å². The van der Waals surface area contributed by atoms with Crippen LogP contribution in [0.5, 0.6) is 11.5 Å². The summed E-state index contributed by atoms with van der Waals surface area (Å²) in [7, 11) is 4.61. The summed E-state index contributed by atoms with van der Waals surface area (Å²) in [5.74, 6) is 1.54. The van der Waals surface area contributed by atoms with Gasteiger partial charge in [-0.25, -0.2) is 0 Å². The van der Waals surface area contributed by atoms with Crippen LogP contribution >= 0.6 is 131 Å². The second kappa shape index (κ2) is 15.5. The van der Waals surface area contributed by atoms with Gasteiger partial charge in [-0.3, -0.25) is 0 Å². The van der Waals surface area contributed by atoms with Crippen LogP contribution in [-0.2, 0) is 5.41 Å². The average Bonchev–Trinajstić information content (AvgIpc) is 2.77. The SMILES string of the molecule is CSSC(Cl)CCOc1c(Br)cc(C(C)(C)c2cc(Br)c(OCCC(Cl)SS)c(Br)c2)cc1Br. The summed E-state index contributed by atoms with van der Waals surface area (Å²) in [5.41, 5.74) is 1.98. The van der Waals surface area contributed by atoms with Crippen molar-refractivity contribution >= 4 is 131 Å². The number of halogens is 6. The van der Waals surface area contributed by atoms with Gasteiger partial charge in [0.05, 0.1) is 40.5 Å². The minimum atomic E-state index is -0.284. The molecular formula is C22H24Br4Cl2O2S4. The van der Waals surface area contributed by atoms with Crippen molar-refractivity contribution in [3.63, 3.8) is 0 Å². The Hall–Kier alpha value is 1.94. The first-order valence-electron chi connectivity index (χ1n) is 10.0. The number of rotatable bonds is 13. The molecule has 2 unspecified atom stereocenters. The Bertz CT molecular complexity index is 922. The predicted molar refractivity (Wildman–Crippen MR) is 173 cm³/mol. The van der Waals surface area contributed by atoms with Crippen LogP contribution in [-0.4, -0.2) is 28.9 Å². The zero-order valence-corrected chi connectivity index (χ0v) is 29.7. The summed E-state index contributed by atoms with van der Waals surface area (Å²) in [5, 5.41) is 0. The maximum atomic E-state index is 6.28. The van der Waals surface area contributed by atoms with Crippen molar-refractivity contribution in [2.75, 3.05) is 19.5 Å². The van der Waals surface area contributed by atoms with Gasteiger partial charge in [0.15, 0.2) is 0 Å². The van der Waals surface area contributed by atoms with Crippen molar-refractivity contribution in [3.8, 4) is 11.5 Å². The third-order valence-corrected chi connectivity index (χ3v) is 12.1. The molecule has 0 aliphatic rings. The van der Waals surface area contributed by atoms with Crippen molar-refractivity contribution in [2.24, 2.45) is 0 Å². The average molecular weight is 839 g/mol. The van der Waals surface area contributed by atoms with Gasteiger partial charge in [-0.2, -0.15) is 0 Å². The molecule has 0 N–H and O–H groups in total. The van der Waals surface area contributed by atoms with Crippen LogP contribution in [0.15, 0.2) is 42.2 Å². The molecule has 0 radical (unpaired) electrons. The third-order valence-electron chi connectivity index (χ3n) is 4.94. The van der Waals surface area contributed by atoms with E-state index in [-0.39, 0.29) is 14.8 Å². The molecule has 0 aromatic heterocycles. The van der Waals surface area contributed by atoms with Crippen LogP contribution in [0.3, 0.4) is 0 Å². The highest BCUT2D eigenvalue weighted by Crippen LogP contribution is 2.44. The molecule has 0 bridgehead atoms. The molecule has 0 aliphatic heterocycles. The van der Waals surface area contributed by atoms with Crippen molar-refractivity contribution in [1.29, 1.82) is 0 Å². The van der Waals surface area contributed by atoms with Crippen molar-refractivity contribution in [2.45, 2.75) is 41.5 Å². The van der Waals surface area contributed by atoms with Gasteiger partial charge >= 0.3 is 0 Å². The molecule has 0 fully saturated rings. The molecule has 2 atom stereocenters. The quantitative estimate of drug-likeness (QED) is 0.123. The molecular weight excluding hydrogens is 815 g/mol. The van der Waals surface area contributed by atoms with E-state index in [0.717, 1.165) is 46.9 Å². The van der Waals surface area contributed by atoms with Crippen LogP contribution < -0.4 is 9.47 Å². The number of benzene rings is 2. The van der Waals surface area contributed by atoms with Gasteiger partial charge in [0, 0.05) is 18.3 Å². The van der Waals surface area contributed by atoms with E-state index >= 15 is 0 Å². The van der Waals surface area contributed by atoms with E-state index in [0.29, 0.717) is 19.6 Å². The molecule has 34 heavy (non-hydrogen) atoms. The Kier molecular flexibility index (Phi) is 14.7. The predicted octanol–water partition coefficient (Wildman–Crippen LogP) is 11.3. The molecule has 2 aromatic carbocycles. The Morgan fingerprint density at radius 2 is 1.21 bits per heavy atom. The van der Waals surface area contributed by atoms with Crippen molar-refractivity contribution in [1.82, 2.24) is 0 Å². The van der Waals surface area contributed by atoms with Gasteiger partial charge in [0.25, 0.3) is 0 Å². The summed E-state index contributed by atoms with van der Waals surface area (Å²) in [4.78, 5) is 0. The molecule has 0 heterocycles. The summed E-state index contributed by atoms with van der Waals surface area (Å²) in [6.45, 7) is 5.43. The van der Waals surface area contributed by atoms with E-state index in [1.807, 2.05) is 6.26 Å². The van der Waals surface area contributed by atoms with Crippen LogP contribution in [0.4, 0.5) is 0 Å². The Morgan fingerprint density at radius 1 is 0.824 bits per heavy atom. The lowest BCUT2D eigenvalue weighted by atomic mass is 9.78. The summed E-state index contributed by atoms with van der Waals surface area (Å²) < 4.78 is 15.5. The van der Waals surface area contributed by atoms with Gasteiger partial charge in [-0.1, -0.05) is 46.2 Å². The zero-order valence-electron chi connectivity index (χ0n) is 18.5. The fraction of sp³-hybridized carbons (Fsp3) is 0.455. The van der Waals surface area contributed by atoms with E-state index in [2.05, 4.69) is 113 Å². The molecule has 2 aromatic rings. The number of alkyl halides is 2. The van der Waals surface area contributed by atoms with Crippen molar-refractivity contribution < 1.29 is 9.47 Å². The summed E-state index contributed by atoms with van der Waals surface area (Å²) >= 11 is 31.3. The minimum absolute atomic E-state index is 0.0212. The Labute approximate surface area is 263 Å². The summed E-state index contributed by atoms with van der Waals surface area (Å²) in [6, 6.07) is 8.41. The maximum Gasteiger partial charge on any atom is 0.147 e. The normalized spacial score (nSPS) is 13.6. The minimum Gasteiger partial charge on any atom is -0.491 e. The number of hydrogen-bond acceptors (Lipinski definition) is 6. The second-order valence-electron chi connectivity index (χ2n) is 7.63. The van der Waals surface area contributed by atoms with Crippen LogP contribution in [0.1, 0.15) is 37.8 Å². The molecule has 190 valence electrons. The summed E-state index contributed by atoms with van der Waals surface area (Å²) in [6.07, 6.45) is 3.47. The van der Waals surface area contributed by atoms with E-state index in [9.17, 15) is 0 Å². The lowest BCUT2D eigenvalue weighted by molar-refractivity contribution is 0.312. The smallest absolute Gasteiger partial charge is 0.147 e. The highest BCUT2D eigenvalue weighted by Gasteiger charge is 2.27. The number of thiol groups is 1. The molecule has 0 aliphatic carbocycles. The fourth-order valence-corrected chi connectivity index (χ4v) is 8.49. The first kappa shape index (κ1) is 32.2. The Morgan fingerprint density at radius 3 is 1.56 bits per heavy atom. The lowest BCUT2D eigenvalue weighted by Gasteiger charge is -2.28. The fourth-order valence-electron chi connectivity index (χ4n) is 3.00. The Balaban J connectivity index is 2.21. The largest absolute Gasteiger partial charge is 0.491 e. The lowest BCUT2D eigenvalue weighted by Crippen LogP contribution is -2.19. The highest BCUT2D eigenvalue weighted by atomic mass is 79.9. The van der Waals surface area contributed by atoms with E-state index in [4.69, 9.17) is 32.7 Å². The van der Waals surface area contributed by atoms with Crippen LogP contribution in [0.2, 0.25) is 0 Å². The van der Waals surface area contributed by atoms with Crippen LogP contribution in [0, 0.1) is 0 Å². The molecule has 0 saturated heterocycles. The monoisotopic (exact) mass is 834 g/mol. The molecule has 0 amide bonds. The molecule has 0 saturated carbocycles. The first-order valence-corrected chi connectivity index (χ1v) is 18.6. The molecule has 12 heteroatoms. The maximum absolute atomic E-state index is 6.28. The third kappa shape index (κ3) is 9.30. The van der Waals surface area contributed by atoms with Gasteiger partial charge in [-0.15, -0.1) is 34.9 Å². The van der Waals surface area contributed by atoms with Crippen molar-refractivity contribution in [3.05, 3.63) is 53.3 Å². The number of hydrogen-bond donors (Lipinski definition) is 1. The topological polar surface area (TPSA) is 18.5 Å². The van der Waals surface area contributed by atoms with Gasteiger partial charge in [-0.05, 0) is 105 Å². The zero-order chi connectivity index (χ0) is 25.5. The molecule has 0 spiro atoms. The molecule has 2 rings (SSSR count). The van der Waals surface area contributed by atoms with Crippen LogP contribution in [0.25, 0.3) is 0 Å². The van der Waals surface area contributed by atoms with Gasteiger partial charge < -0.3 is 9.47 Å². The van der Waals surface area contributed by atoms with E-state index in [1.54, 1.807) is 21.6 Å². The van der Waals surface area contributed by atoms with E-state index in [1.165, 1.54) is 10.8 Å².